The van der Waals surface area contributed by atoms with Gasteiger partial charge in [-0.3, -0.25) is 14.5 Å². The second-order valence-electron chi connectivity index (χ2n) is 6.17. The molecule has 0 spiro atoms. The molecule has 2 aromatic heterocycles. The molecule has 1 amide bonds. The predicted octanol–water partition coefficient (Wildman–Crippen LogP) is 3.67. The summed E-state index contributed by atoms with van der Waals surface area (Å²) < 4.78 is 27.2. The van der Waals surface area contributed by atoms with E-state index in [2.05, 4.69) is 20.0 Å². The number of nitrogens with one attached hydrogen (secondary N) is 2. The van der Waals surface area contributed by atoms with E-state index in [4.69, 9.17) is 0 Å². The van der Waals surface area contributed by atoms with Crippen LogP contribution < -0.4 is 10.0 Å². The van der Waals surface area contributed by atoms with Gasteiger partial charge in [-0.15, -0.1) is 11.3 Å². The molecule has 0 fully saturated rings. The van der Waals surface area contributed by atoms with Crippen LogP contribution >= 0.6 is 11.3 Å². The number of fused-ring (bicyclic) bond motifs is 1. The minimum absolute atomic E-state index is 0.0206. The Bertz CT molecular complexity index is 1270. The lowest BCUT2D eigenvalue weighted by Crippen LogP contribution is -2.15. The molecule has 9 heteroatoms. The van der Waals surface area contributed by atoms with Gasteiger partial charge in [0.25, 0.3) is 10.0 Å². The lowest BCUT2D eigenvalue weighted by atomic mass is 10.2. The Morgan fingerprint density at radius 3 is 2.62 bits per heavy atom. The van der Waals surface area contributed by atoms with Crippen molar-refractivity contribution in [2.45, 2.75) is 11.3 Å². The minimum Gasteiger partial charge on any atom is -0.324 e. The zero-order valence-electron chi connectivity index (χ0n) is 15.1. The fraction of sp³-hybridized carbons (Fsp3) is 0.0500. The molecule has 0 saturated heterocycles. The zero-order valence-corrected chi connectivity index (χ0v) is 16.7. The molecule has 0 aliphatic heterocycles. The Morgan fingerprint density at radius 2 is 1.79 bits per heavy atom. The van der Waals surface area contributed by atoms with Crippen molar-refractivity contribution >= 4 is 49.0 Å². The monoisotopic (exact) mass is 424 g/mol. The highest BCUT2D eigenvalue weighted by atomic mass is 32.2. The van der Waals surface area contributed by atoms with Crippen LogP contribution in [0.5, 0.6) is 0 Å². The van der Waals surface area contributed by atoms with Crippen molar-refractivity contribution in [3.63, 3.8) is 0 Å². The normalized spacial score (nSPS) is 11.3. The van der Waals surface area contributed by atoms with E-state index in [0.29, 0.717) is 16.9 Å². The number of hydrogen-bond donors (Lipinski definition) is 2. The highest BCUT2D eigenvalue weighted by Gasteiger charge is 2.16. The Kier molecular flexibility index (Phi) is 5.24. The van der Waals surface area contributed by atoms with Crippen LogP contribution in [0, 0.1) is 0 Å². The number of hydrogen-bond acceptors (Lipinski definition) is 6. The third kappa shape index (κ3) is 4.41. The first kappa shape index (κ1) is 19.0. The number of benzene rings is 2. The molecule has 4 aromatic rings. The second-order valence-corrected chi connectivity index (χ2v) is 8.71. The maximum Gasteiger partial charge on any atom is 0.263 e. The summed E-state index contributed by atoms with van der Waals surface area (Å²) in [5.74, 6) is -0.258. The maximum absolute atomic E-state index is 12.4. The number of anilines is 2. The molecule has 0 bridgehead atoms. The fourth-order valence-electron chi connectivity index (χ4n) is 2.77. The van der Waals surface area contributed by atoms with Gasteiger partial charge in [0, 0.05) is 17.0 Å². The van der Waals surface area contributed by atoms with Crippen LogP contribution in [-0.2, 0) is 21.2 Å². The number of amides is 1. The summed E-state index contributed by atoms with van der Waals surface area (Å²) in [6, 6.07) is 17.3. The van der Waals surface area contributed by atoms with E-state index in [-0.39, 0.29) is 22.4 Å². The Balaban J connectivity index is 1.44. The Hall–Kier alpha value is -3.30. The van der Waals surface area contributed by atoms with Gasteiger partial charge in [-0.25, -0.2) is 13.4 Å². The first-order chi connectivity index (χ1) is 14.0. The number of nitrogens with zero attached hydrogens (tertiary/aromatic N) is 2. The predicted molar refractivity (Wildman–Crippen MR) is 113 cm³/mol. The average molecular weight is 425 g/mol. The van der Waals surface area contributed by atoms with Crippen LogP contribution in [0.1, 0.15) is 5.69 Å². The molecule has 0 aliphatic rings. The SMILES string of the molecule is O=C(Cc1csc(NS(=O)(=O)c2ccccc2)n1)Nc1cccc2cccnc12. The second kappa shape index (κ2) is 7.98. The van der Waals surface area contributed by atoms with Crippen LogP contribution in [0.25, 0.3) is 10.9 Å². The molecule has 2 N–H and O–H groups in total. The summed E-state index contributed by atoms with van der Waals surface area (Å²) in [7, 11) is -3.71. The maximum atomic E-state index is 12.4. The number of thiazole rings is 1. The van der Waals surface area contributed by atoms with Crippen molar-refractivity contribution in [3.05, 3.63) is 77.9 Å². The lowest BCUT2D eigenvalue weighted by molar-refractivity contribution is -0.115. The highest BCUT2D eigenvalue weighted by molar-refractivity contribution is 7.93. The van der Waals surface area contributed by atoms with E-state index in [1.807, 2.05) is 24.3 Å². The molecular weight excluding hydrogens is 408 g/mol. The number of sulfonamides is 1. The number of pyridine rings is 1. The van der Waals surface area contributed by atoms with E-state index < -0.39 is 10.0 Å². The third-order valence-electron chi connectivity index (χ3n) is 4.08. The molecule has 2 aromatic carbocycles. The van der Waals surface area contributed by atoms with E-state index in [0.717, 1.165) is 16.7 Å². The molecule has 29 heavy (non-hydrogen) atoms. The van der Waals surface area contributed by atoms with Gasteiger partial charge >= 0.3 is 0 Å². The molecule has 0 atom stereocenters. The van der Waals surface area contributed by atoms with Crippen LogP contribution in [0.15, 0.2) is 77.1 Å². The van der Waals surface area contributed by atoms with Crippen molar-refractivity contribution in [1.82, 2.24) is 9.97 Å². The standard InChI is InChI=1S/C20H16N4O3S2/c25-18(23-17-10-4-6-14-7-5-11-21-19(14)17)12-15-13-28-20(22-15)24-29(26,27)16-8-2-1-3-9-16/h1-11,13H,12H2,(H,22,24)(H,23,25). The van der Waals surface area contributed by atoms with Crippen molar-refractivity contribution < 1.29 is 13.2 Å². The van der Waals surface area contributed by atoms with E-state index in [1.165, 1.54) is 12.1 Å². The quantitative estimate of drug-likeness (QED) is 0.492. The minimum atomic E-state index is -3.71. The molecular formula is C20H16N4O3S2. The van der Waals surface area contributed by atoms with Gasteiger partial charge in [-0.05, 0) is 24.3 Å². The summed E-state index contributed by atoms with van der Waals surface area (Å²) in [6.07, 6.45) is 1.69. The number of aromatic nitrogens is 2. The summed E-state index contributed by atoms with van der Waals surface area (Å²) >= 11 is 1.13. The lowest BCUT2D eigenvalue weighted by Gasteiger charge is -2.07. The summed E-state index contributed by atoms with van der Waals surface area (Å²) in [5.41, 5.74) is 1.80. The van der Waals surface area contributed by atoms with E-state index in [1.54, 1.807) is 35.8 Å². The fourth-order valence-corrected chi connectivity index (χ4v) is 4.76. The summed E-state index contributed by atoms with van der Waals surface area (Å²) in [5, 5.41) is 5.64. The number of carbonyl (C=O) groups excluding carboxylic acids is 1. The van der Waals surface area contributed by atoms with Crippen molar-refractivity contribution in [3.8, 4) is 0 Å². The largest absolute Gasteiger partial charge is 0.324 e. The van der Waals surface area contributed by atoms with Gasteiger partial charge < -0.3 is 5.32 Å². The van der Waals surface area contributed by atoms with Gasteiger partial charge in [0.05, 0.1) is 28.2 Å². The molecule has 0 saturated carbocycles. The first-order valence-electron chi connectivity index (χ1n) is 8.67. The highest BCUT2D eigenvalue weighted by Crippen LogP contribution is 2.22. The van der Waals surface area contributed by atoms with Crippen molar-refractivity contribution in [2.24, 2.45) is 0 Å². The van der Waals surface area contributed by atoms with Crippen molar-refractivity contribution in [2.75, 3.05) is 10.0 Å². The molecule has 0 aliphatic carbocycles. The molecule has 0 radical (unpaired) electrons. The van der Waals surface area contributed by atoms with Crippen LogP contribution in [0.3, 0.4) is 0 Å². The number of para-hydroxylation sites is 1. The van der Waals surface area contributed by atoms with Crippen LogP contribution in [-0.4, -0.2) is 24.3 Å². The summed E-state index contributed by atoms with van der Waals surface area (Å²) in [4.78, 5) is 21.1. The average Bonchev–Trinajstić information content (AvgIpc) is 3.15. The van der Waals surface area contributed by atoms with Gasteiger partial charge in [-0.2, -0.15) is 0 Å². The molecule has 7 nitrogen and oxygen atoms in total. The van der Waals surface area contributed by atoms with Gasteiger partial charge in [0.15, 0.2) is 5.13 Å². The third-order valence-corrected chi connectivity index (χ3v) is 6.37. The smallest absolute Gasteiger partial charge is 0.263 e. The first-order valence-corrected chi connectivity index (χ1v) is 11.0. The van der Waals surface area contributed by atoms with Gasteiger partial charge in [0.2, 0.25) is 5.91 Å². The summed E-state index contributed by atoms with van der Waals surface area (Å²) in [6.45, 7) is 0. The Labute approximate surface area is 171 Å². The number of carbonyl (C=O) groups is 1. The van der Waals surface area contributed by atoms with Crippen LogP contribution in [0.2, 0.25) is 0 Å². The molecule has 0 unspecified atom stereocenters. The van der Waals surface area contributed by atoms with E-state index >= 15 is 0 Å². The van der Waals surface area contributed by atoms with Crippen molar-refractivity contribution in [1.29, 1.82) is 0 Å². The van der Waals surface area contributed by atoms with E-state index in [9.17, 15) is 13.2 Å². The number of rotatable bonds is 6. The van der Waals surface area contributed by atoms with Gasteiger partial charge in [-0.1, -0.05) is 36.4 Å². The van der Waals surface area contributed by atoms with Crippen LogP contribution in [0.4, 0.5) is 10.8 Å². The zero-order chi connectivity index (χ0) is 20.3. The Morgan fingerprint density at radius 1 is 1.00 bits per heavy atom. The molecule has 4 rings (SSSR count). The van der Waals surface area contributed by atoms with Gasteiger partial charge in [0.1, 0.15) is 0 Å². The molecule has 2 heterocycles. The molecule has 146 valence electrons. The topological polar surface area (TPSA) is 101 Å².